The average Bonchev–Trinajstić information content (AvgIpc) is 3.29. The first-order valence-corrected chi connectivity index (χ1v) is 10.9. The van der Waals surface area contributed by atoms with Gasteiger partial charge in [-0.15, -0.1) is 0 Å². The normalized spacial score (nSPS) is 10.8. The first kappa shape index (κ1) is 23.1. The molecule has 0 fully saturated rings. The number of rotatable bonds is 9. The van der Waals surface area contributed by atoms with Gasteiger partial charge in [-0.25, -0.2) is 9.37 Å². The summed E-state index contributed by atoms with van der Waals surface area (Å²) >= 11 is 0. The lowest BCUT2D eigenvalue weighted by Gasteiger charge is -2.14. The van der Waals surface area contributed by atoms with Gasteiger partial charge in [0.05, 0.1) is 23.1 Å². The number of benzene rings is 1. The summed E-state index contributed by atoms with van der Waals surface area (Å²) < 4.78 is 15.2. The topological polar surface area (TPSA) is 111 Å². The van der Waals surface area contributed by atoms with Crippen LogP contribution in [0.2, 0.25) is 0 Å². The summed E-state index contributed by atoms with van der Waals surface area (Å²) in [4.78, 5) is 22.0. The van der Waals surface area contributed by atoms with E-state index < -0.39 is 0 Å². The Kier molecular flexibility index (Phi) is 7.24. The molecule has 3 heterocycles. The third-order valence-electron chi connectivity index (χ3n) is 5.35. The maximum absolute atomic E-state index is 13.5. The van der Waals surface area contributed by atoms with Crippen LogP contribution in [0.5, 0.6) is 0 Å². The molecule has 0 bridgehead atoms. The number of carbonyl (C=O) groups excluding carboxylic acids is 1. The van der Waals surface area contributed by atoms with E-state index in [0.29, 0.717) is 43.1 Å². The van der Waals surface area contributed by atoms with E-state index in [9.17, 15) is 9.18 Å². The number of nitrogens with one attached hydrogen (secondary N) is 2. The van der Waals surface area contributed by atoms with Crippen molar-refractivity contribution in [1.82, 2.24) is 25.1 Å². The highest BCUT2D eigenvalue weighted by molar-refractivity contribution is 5.99. The van der Waals surface area contributed by atoms with Crippen molar-refractivity contribution in [2.75, 3.05) is 11.9 Å². The molecule has 174 valence electrons. The van der Waals surface area contributed by atoms with Gasteiger partial charge in [0.25, 0.3) is 5.91 Å². The summed E-state index contributed by atoms with van der Waals surface area (Å²) in [5.41, 5.74) is 10.1. The lowest BCUT2D eigenvalue weighted by atomic mass is 10.1. The van der Waals surface area contributed by atoms with Gasteiger partial charge < -0.3 is 16.4 Å². The SMILES string of the molecule is Cn1cc(-c2ccc(C(=O)NCc3cccnc3CN)c(NCCc3cccc(F)c3)n2)cn1. The molecule has 0 unspecified atom stereocenters. The van der Waals surface area contributed by atoms with Gasteiger partial charge in [0.15, 0.2) is 0 Å². The van der Waals surface area contributed by atoms with E-state index in [0.717, 1.165) is 22.4 Å². The Morgan fingerprint density at radius 2 is 2.06 bits per heavy atom. The minimum absolute atomic E-state index is 0.273. The highest BCUT2D eigenvalue weighted by Gasteiger charge is 2.15. The molecule has 4 N–H and O–H groups in total. The maximum atomic E-state index is 13.5. The van der Waals surface area contributed by atoms with Crippen LogP contribution in [0.1, 0.15) is 27.2 Å². The number of hydrogen-bond acceptors (Lipinski definition) is 6. The minimum Gasteiger partial charge on any atom is -0.369 e. The van der Waals surface area contributed by atoms with Crippen molar-refractivity contribution in [3.63, 3.8) is 0 Å². The number of nitrogens with two attached hydrogens (primary N) is 1. The zero-order valence-corrected chi connectivity index (χ0v) is 18.8. The van der Waals surface area contributed by atoms with Gasteiger partial charge in [0, 0.05) is 44.6 Å². The van der Waals surface area contributed by atoms with Crippen LogP contribution < -0.4 is 16.4 Å². The van der Waals surface area contributed by atoms with E-state index in [4.69, 9.17) is 5.73 Å². The van der Waals surface area contributed by atoms with Crippen molar-refractivity contribution in [2.45, 2.75) is 19.5 Å². The van der Waals surface area contributed by atoms with E-state index in [2.05, 4.69) is 25.7 Å². The number of aryl methyl sites for hydroxylation is 1. The molecule has 0 saturated carbocycles. The van der Waals surface area contributed by atoms with Crippen molar-refractivity contribution in [3.8, 4) is 11.3 Å². The summed E-state index contributed by atoms with van der Waals surface area (Å²) in [7, 11) is 1.83. The van der Waals surface area contributed by atoms with Crippen LogP contribution in [0.4, 0.5) is 10.2 Å². The number of nitrogens with zero attached hydrogens (tertiary/aromatic N) is 4. The molecule has 0 aliphatic rings. The highest BCUT2D eigenvalue weighted by Crippen LogP contribution is 2.22. The second kappa shape index (κ2) is 10.7. The lowest BCUT2D eigenvalue weighted by molar-refractivity contribution is 0.0951. The van der Waals surface area contributed by atoms with Crippen LogP contribution in [-0.2, 0) is 26.6 Å². The molecule has 0 radical (unpaired) electrons. The number of halogens is 1. The van der Waals surface area contributed by atoms with E-state index in [1.165, 1.54) is 12.1 Å². The number of aromatic nitrogens is 4. The average molecular weight is 460 g/mol. The van der Waals surface area contributed by atoms with Gasteiger partial charge in [-0.2, -0.15) is 5.10 Å². The molecule has 4 aromatic rings. The molecule has 0 aliphatic carbocycles. The van der Waals surface area contributed by atoms with E-state index in [1.807, 2.05) is 31.4 Å². The molecular weight excluding hydrogens is 433 g/mol. The van der Waals surface area contributed by atoms with E-state index in [1.54, 1.807) is 35.3 Å². The van der Waals surface area contributed by atoms with E-state index in [-0.39, 0.29) is 11.7 Å². The zero-order valence-electron chi connectivity index (χ0n) is 18.8. The second-order valence-electron chi connectivity index (χ2n) is 7.80. The molecule has 8 nitrogen and oxygen atoms in total. The third kappa shape index (κ3) is 5.62. The molecule has 0 aliphatic heterocycles. The predicted molar refractivity (Wildman–Crippen MR) is 128 cm³/mol. The Balaban J connectivity index is 1.53. The number of carbonyl (C=O) groups is 1. The number of amides is 1. The van der Waals surface area contributed by atoms with Crippen LogP contribution in [0.25, 0.3) is 11.3 Å². The van der Waals surface area contributed by atoms with Gasteiger partial charge in [0.1, 0.15) is 11.6 Å². The molecular formula is C25H26FN7O. The fourth-order valence-corrected chi connectivity index (χ4v) is 3.60. The maximum Gasteiger partial charge on any atom is 0.255 e. The summed E-state index contributed by atoms with van der Waals surface area (Å²) in [5.74, 6) is -0.104. The van der Waals surface area contributed by atoms with Gasteiger partial charge >= 0.3 is 0 Å². The first-order chi connectivity index (χ1) is 16.5. The molecule has 1 amide bonds. The number of hydrogen-bond donors (Lipinski definition) is 3. The molecule has 9 heteroatoms. The Bertz CT molecular complexity index is 1290. The smallest absolute Gasteiger partial charge is 0.255 e. The van der Waals surface area contributed by atoms with Crippen LogP contribution in [0.3, 0.4) is 0 Å². The number of anilines is 1. The molecule has 0 spiro atoms. The second-order valence-corrected chi connectivity index (χ2v) is 7.80. The molecule has 0 saturated heterocycles. The Morgan fingerprint density at radius 1 is 1.18 bits per heavy atom. The number of pyridine rings is 2. The van der Waals surface area contributed by atoms with Crippen LogP contribution in [0, 0.1) is 5.82 Å². The zero-order chi connectivity index (χ0) is 23.9. The fourth-order valence-electron chi connectivity index (χ4n) is 3.60. The van der Waals surface area contributed by atoms with Gasteiger partial charge in [-0.3, -0.25) is 14.5 Å². The van der Waals surface area contributed by atoms with Crippen molar-refractivity contribution in [2.24, 2.45) is 12.8 Å². The van der Waals surface area contributed by atoms with Gasteiger partial charge in [-0.1, -0.05) is 18.2 Å². The Labute approximate surface area is 197 Å². The first-order valence-electron chi connectivity index (χ1n) is 10.9. The summed E-state index contributed by atoms with van der Waals surface area (Å²) in [6.45, 7) is 1.07. The predicted octanol–water partition coefficient (Wildman–Crippen LogP) is 3.06. The van der Waals surface area contributed by atoms with Crippen LogP contribution in [-0.4, -0.2) is 32.2 Å². The van der Waals surface area contributed by atoms with E-state index >= 15 is 0 Å². The largest absolute Gasteiger partial charge is 0.369 e. The molecule has 4 rings (SSSR count). The van der Waals surface area contributed by atoms with Crippen molar-refractivity contribution >= 4 is 11.7 Å². The van der Waals surface area contributed by atoms with Crippen LogP contribution in [0.15, 0.2) is 67.1 Å². The summed E-state index contributed by atoms with van der Waals surface area (Å²) in [5, 5.41) is 10.4. The van der Waals surface area contributed by atoms with Crippen molar-refractivity contribution < 1.29 is 9.18 Å². The molecule has 34 heavy (non-hydrogen) atoms. The molecule has 1 aromatic carbocycles. The van der Waals surface area contributed by atoms with Gasteiger partial charge in [-0.05, 0) is 47.9 Å². The Morgan fingerprint density at radius 3 is 2.82 bits per heavy atom. The molecule has 0 atom stereocenters. The third-order valence-corrected chi connectivity index (χ3v) is 5.35. The fraction of sp³-hybridized carbons (Fsp3) is 0.200. The van der Waals surface area contributed by atoms with Gasteiger partial charge in [0.2, 0.25) is 0 Å². The van der Waals surface area contributed by atoms with Crippen molar-refractivity contribution in [1.29, 1.82) is 0 Å². The quantitative estimate of drug-likeness (QED) is 0.355. The standard InChI is InChI=1S/C25H26FN7O/c1-33-16-19(15-31-33)22-8-7-21(25(34)30-14-18-5-3-10-28-23(18)13-27)24(32-22)29-11-9-17-4-2-6-20(26)12-17/h2-8,10,12,15-16H,9,11,13-14,27H2,1H3,(H,29,32)(H,30,34). The summed E-state index contributed by atoms with van der Waals surface area (Å²) in [6, 6.07) is 13.7. The van der Waals surface area contributed by atoms with Crippen LogP contribution >= 0.6 is 0 Å². The van der Waals surface area contributed by atoms with Crippen molar-refractivity contribution in [3.05, 3.63) is 95.3 Å². The summed E-state index contributed by atoms with van der Waals surface area (Å²) in [6.07, 6.45) is 5.83. The lowest BCUT2D eigenvalue weighted by Crippen LogP contribution is -2.25. The minimum atomic E-state index is -0.276. The Hall–Kier alpha value is -4.11. The monoisotopic (exact) mass is 459 g/mol. The highest BCUT2D eigenvalue weighted by atomic mass is 19.1. The molecule has 3 aromatic heterocycles.